The van der Waals surface area contributed by atoms with Gasteiger partial charge < -0.3 is 10.3 Å². The van der Waals surface area contributed by atoms with Gasteiger partial charge in [0, 0.05) is 10.9 Å². The number of para-hydroxylation sites is 1. The summed E-state index contributed by atoms with van der Waals surface area (Å²) >= 11 is 8.55. The van der Waals surface area contributed by atoms with Crippen molar-refractivity contribution in [3.63, 3.8) is 0 Å². The van der Waals surface area contributed by atoms with E-state index in [1.807, 2.05) is 5.38 Å². The van der Waals surface area contributed by atoms with Crippen molar-refractivity contribution in [1.29, 1.82) is 0 Å². The Morgan fingerprint density at radius 1 is 1.23 bits per heavy atom. The van der Waals surface area contributed by atoms with E-state index in [9.17, 15) is 14.0 Å². The number of aromatic nitrogens is 2. The van der Waals surface area contributed by atoms with E-state index >= 15 is 0 Å². The number of rotatable bonds is 5. The van der Waals surface area contributed by atoms with Crippen LogP contribution in [-0.2, 0) is 4.79 Å². The van der Waals surface area contributed by atoms with Gasteiger partial charge in [0.2, 0.25) is 5.91 Å². The van der Waals surface area contributed by atoms with Crippen molar-refractivity contribution in [1.82, 2.24) is 9.97 Å². The fourth-order valence-corrected chi connectivity index (χ4v) is 4.83. The molecule has 1 atom stereocenters. The molecule has 0 radical (unpaired) electrons. The Hall–Kier alpha value is -2.68. The number of hydrogen-bond donors (Lipinski definition) is 2. The molecule has 2 aromatic carbocycles. The molecule has 0 fully saturated rings. The molecule has 0 spiro atoms. The van der Waals surface area contributed by atoms with Gasteiger partial charge in [-0.15, -0.1) is 11.3 Å². The zero-order valence-corrected chi connectivity index (χ0v) is 18.0. The maximum atomic E-state index is 13.2. The number of hydrogen-bond acceptors (Lipinski definition) is 5. The molecule has 2 N–H and O–H groups in total. The predicted molar refractivity (Wildman–Crippen MR) is 121 cm³/mol. The Morgan fingerprint density at radius 3 is 2.70 bits per heavy atom. The molecule has 4 aromatic rings. The monoisotopic (exact) mass is 459 g/mol. The van der Waals surface area contributed by atoms with Crippen LogP contribution in [0.5, 0.6) is 0 Å². The van der Waals surface area contributed by atoms with E-state index in [1.165, 1.54) is 23.5 Å². The number of nitrogens with one attached hydrogen (secondary N) is 2. The van der Waals surface area contributed by atoms with Gasteiger partial charge in [-0.05, 0) is 36.8 Å². The summed E-state index contributed by atoms with van der Waals surface area (Å²) in [5.74, 6) is -0.595. The molecule has 0 saturated carbocycles. The van der Waals surface area contributed by atoms with Crippen LogP contribution in [0.25, 0.3) is 21.3 Å². The average molecular weight is 460 g/mol. The second-order valence-corrected chi connectivity index (χ2v) is 9.03. The van der Waals surface area contributed by atoms with Crippen LogP contribution in [0.3, 0.4) is 0 Å². The number of thioether (sulfide) groups is 1. The number of benzene rings is 2. The van der Waals surface area contributed by atoms with Crippen LogP contribution < -0.4 is 10.9 Å². The number of amides is 1. The third kappa shape index (κ3) is 4.26. The normalized spacial score (nSPS) is 12.1. The van der Waals surface area contributed by atoms with Crippen molar-refractivity contribution in [2.24, 2.45) is 0 Å². The topological polar surface area (TPSA) is 74.8 Å². The van der Waals surface area contributed by atoms with E-state index in [0.717, 1.165) is 17.3 Å². The molecule has 0 aliphatic heterocycles. The zero-order chi connectivity index (χ0) is 21.3. The summed E-state index contributed by atoms with van der Waals surface area (Å²) in [5.41, 5.74) is 1.66. The maximum Gasteiger partial charge on any atom is 0.260 e. The molecule has 0 bridgehead atoms. The highest BCUT2D eigenvalue weighted by Crippen LogP contribution is 2.32. The molecule has 30 heavy (non-hydrogen) atoms. The third-order valence-corrected chi connectivity index (χ3v) is 6.55. The van der Waals surface area contributed by atoms with E-state index in [2.05, 4.69) is 15.3 Å². The first-order chi connectivity index (χ1) is 14.4. The standard InChI is InChI=1S/C21H15ClFN3O2S2/c1-11(18(27)24-16-5-3-2-4-15(16)22)30-21-25-19(28)17-14(10-29-20(17)26-21)12-6-8-13(23)9-7-12/h2-11H,1H3,(H,24,27)(H,25,26,28). The molecule has 4 rings (SSSR count). The largest absolute Gasteiger partial charge is 0.324 e. The lowest BCUT2D eigenvalue weighted by molar-refractivity contribution is -0.115. The van der Waals surface area contributed by atoms with Crippen molar-refractivity contribution in [2.45, 2.75) is 17.3 Å². The third-order valence-electron chi connectivity index (χ3n) is 4.37. The SMILES string of the molecule is CC(Sc1nc2scc(-c3ccc(F)cc3)c2c(=O)[nH]1)C(=O)Nc1ccccc1Cl. The van der Waals surface area contributed by atoms with Gasteiger partial charge >= 0.3 is 0 Å². The number of halogens is 2. The number of thiophene rings is 1. The second-order valence-electron chi connectivity index (χ2n) is 6.44. The first-order valence-electron chi connectivity index (χ1n) is 8.92. The van der Waals surface area contributed by atoms with Crippen LogP contribution in [0.4, 0.5) is 10.1 Å². The molecular weight excluding hydrogens is 445 g/mol. The van der Waals surface area contributed by atoms with E-state index in [1.54, 1.807) is 43.3 Å². The van der Waals surface area contributed by atoms with Crippen LogP contribution >= 0.6 is 34.7 Å². The lowest BCUT2D eigenvalue weighted by atomic mass is 10.1. The van der Waals surface area contributed by atoms with Crippen LogP contribution in [0, 0.1) is 5.82 Å². The number of H-pyrrole nitrogens is 1. The van der Waals surface area contributed by atoms with E-state index < -0.39 is 5.25 Å². The van der Waals surface area contributed by atoms with Crippen molar-refractivity contribution >= 4 is 56.5 Å². The Morgan fingerprint density at radius 2 is 1.97 bits per heavy atom. The molecule has 0 saturated heterocycles. The first kappa shape index (κ1) is 20.6. The molecule has 0 aliphatic rings. The summed E-state index contributed by atoms with van der Waals surface area (Å²) in [6.45, 7) is 1.72. The molecule has 9 heteroatoms. The minimum Gasteiger partial charge on any atom is -0.324 e. The molecule has 2 heterocycles. The Kier molecular flexibility index (Phi) is 5.90. The second kappa shape index (κ2) is 8.59. The molecule has 5 nitrogen and oxygen atoms in total. The summed E-state index contributed by atoms with van der Waals surface area (Å²) in [5, 5.41) is 5.32. The van der Waals surface area contributed by atoms with Crippen molar-refractivity contribution in [3.8, 4) is 11.1 Å². The summed E-state index contributed by atoms with van der Waals surface area (Å²) < 4.78 is 13.2. The molecular formula is C21H15ClFN3O2S2. The molecule has 1 amide bonds. The zero-order valence-electron chi connectivity index (χ0n) is 15.6. The smallest absolute Gasteiger partial charge is 0.260 e. The summed E-state index contributed by atoms with van der Waals surface area (Å²) in [4.78, 5) is 33.0. The number of aromatic amines is 1. The molecule has 0 aliphatic carbocycles. The Balaban J connectivity index is 1.57. The van der Waals surface area contributed by atoms with Crippen LogP contribution in [0.2, 0.25) is 5.02 Å². The van der Waals surface area contributed by atoms with Crippen molar-refractivity contribution < 1.29 is 9.18 Å². The minimum absolute atomic E-state index is 0.256. The maximum absolute atomic E-state index is 13.2. The number of fused-ring (bicyclic) bond motifs is 1. The molecule has 2 aromatic heterocycles. The predicted octanol–water partition coefficient (Wildman–Crippen LogP) is 5.56. The Bertz CT molecular complexity index is 1290. The molecule has 152 valence electrons. The summed E-state index contributed by atoms with van der Waals surface area (Å²) in [6.07, 6.45) is 0. The summed E-state index contributed by atoms with van der Waals surface area (Å²) in [6, 6.07) is 12.9. The fraction of sp³-hybridized carbons (Fsp3) is 0.0952. The minimum atomic E-state index is -0.515. The van der Waals surface area contributed by atoms with Gasteiger partial charge in [-0.1, -0.05) is 47.6 Å². The van der Waals surface area contributed by atoms with Crippen LogP contribution in [-0.4, -0.2) is 21.1 Å². The fourth-order valence-electron chi connectivity index (χ4n) is 2.84. The highest BCUT2D eigenvalue weighted by atomic mass is 35.5. The van der Waals surface area contributed by atoms with Crippen molar-refractivity contribution in [2.75, 3.05) is 5.32 Å². The Labute approximate surface area is 184 Å². The quantitative estimate of drug-likeness (QED) is 0.302. The van der Waals surface area contributed by atoms with Gasteiger partial charge in [-0.3, -0.25) is 9.59 Å². The number of carbonyl (C=O) groups is 1. The van der Waals surface area contributed by atoms with Gasteiger partial charge in [-0.2, -0.15) is 0 Å². The van der Waals surface area contributed by atoms with Crippen LogP contribution in [0.15, 0.2) is 63.9 Å². The van der Waals surface area contributed by atoms with Gasteiger partial charge in [-0.25, -0.2) is 9.37 Å². The first-order valence-corrected chi connectivity index (χ1v) is 11.1. The number of nitrogens with zero attached hydrogens (tertiary/aromatic N) is 1. The molecule has 1 unspecified atom stereocenters. The van der Waals surface area contributed by atoms with Gasteiger partial charge in [0.05, 0.1) is 21.3 Å². The van der Waals surface area contributed by atoms with Crippen LogP contribution in [0.1, 0.15) is 6.92 Å². The number of carbonyl (C=O) groups excluding carboxylic acids is 1. The van der Waals surface area contributed by atoms with Gasteiger partial charge in [0.1, 0.15) is 10.6 Å². The summed E-state index contributed by atoms with van der Waals surface area (Å²) in [7, 11) is 0. The van der Waals surface area contributed by atoms with E-state index in [4.69, 9.17) is 11.6 Å². The average Bonchev–Trinajstić information content (AvgIpc) is 3.14. The van der Waals surface area contributed by atoms with E-state index in [0.29, 0.717) is 31.6 Å². The van der Waals surface area contributed by atoms with Gasteiger partial charge in [0.15, 0.2) is 5.16 Å². The highest BCUT2D eigenvalue weighted by Gasteiger charge is 2.19. The number of anilines is 1. The van der Waals surface area contributed by atoms with E-state index in [-0.39, 0.29) is 17.3 Å². The highest BCUT2D eigenvalue weighted by molar-refractivity contribution is 8.00. The van der Waals surface area contributed by atoms with Crippen molar-refractivity contribution in [3.05, 3.63) is 75.1 Å². The lowest BCUT2D eigenvalue weighted by Crippen LogP contribution is -2.23. The lowest BCUT2D eigenvalue weighted by Gasteiger charge is -2.12. The van der Waals surface area contributed by atoms with Gasteiger partial charge in [0.25, 0.3) is 5.56 Å².